The second-order valence-electron chi connectivity index (χ2n) is 4.31. The molecule has 1 aliphatic rings. The summed E-state index contributed by atoms with van der Waals surface area (Å²) in [5.41, 5.74) is 6.33. The molecule has 0 aromatic heterocycles. The molecule has 0 radical (unpaired) electrons. The number of halogens is 2. The summed E-state index contributed by atoms with van der Waals surface area (Å²) in [6, 6.07) is 3.85. The van der Waals surface area contributed by atoms with Crippen molar-refractivity contribution in [2.75, 3.05) is 13.1 Å². The maximum absolute atomic E-state index is 13.0. The Morgan fingerprint density at radius 3 is 2.62 bits per heavy atom. The quantitative estimate of drug-likeness (QED) is 0.805. The van der Waals surface area contributed by atoms with Gasteiger partial charge in [0.25, 0.3) is 0 Å². The Morgan fingerprint density at radius 2 is 2.06 bits per heavy atom. The van der Waals surface area contributed by atoms with Crippen LogP contribution in [-0.2, 0) is 0 Å². The van der Waals surface area contributed by atoms with E-state index in [0.29, 0.717) is 12.1 Å². The lowest BCUT2D eigenvalue weighted by Gasteiger charge is -2.17. The molecule has 0 amide bonds. The number of hydrogen-bond acceptors (Lipinski definition) is 2. The predicted octanol–water partition coefficient (Wildman–Crippen LogP) is 1.96. The van der Waals surface area contributed by atoms with Gasteiger partial charge in [0.15, 0.2) is 11.6 Å². The Bertz CT molecular complexity index is 364. The third-order valence-electron chi connectivity index (χ3n) is 2.93. The van der Waals surface area contributed by atoms with Crippen LogP contribution in [0.4, 0.5) is 8.78 Å². The lowest BCUT2D eigenvalue weighted by atomic mass is 10.1. The molecule has 3 N–H and O–H groups in total. The molecule has 1 fully saturated rings. The maximum Gasteiger partial charge on any atom is 0.159 e. The number of rotatable bonds is 5. The van der Waals surface area contributed by atoms with Crippen molar-refractivity contribution < 1.29 is 8.78 Å². The molecule has 88 valence electrons. The van der Waals surface area contributed by atoms with Gasteiger partial charge in [-0.2, -0.15) is 0 Å². The Hall–Kier alpha value is -1.00. The normalized spacial score (nSPS) is 17.4. The van der Waals surface area contributed by atoms with Crippen molar-refractivity contribution in [3.8, 4) is 0 Å². The SMILES string of the molecule is NCC(NCC1CC1)c1ccc(F)c(F)c1. The highest BCUT2D eigenvalue weighted by atomic mass is 19.2. The smallest absolute Gasteiger partial charge is 0.159 e. The minimum atomic E-state index is -0.818. The minimum absolute atomic E-state index is 0.0873. The van der Waals surface area contributed by atoms with Crippen molar-refractivity contribution in [2.24, 2.45) is 11.7 Å². The molecule has 0 heterocycles. The third-order valence-corrected chi connectivity index (χ3v) is 2.93. The van der Waals surface area contributed by atoms with Crippen LogP contribution in [0.1, 0.15) is 24.4 Å². The van der Waals surface area contributed by atoms with Crippen LogP contribution in [-0.4, -0.2) is 13.1 Å². The van der Waals surface area contributed by atoms with Gasteiger partial charge in [0.2, 0.25) is 0 Å². The first-order valence-corrected chi connectivity index (χ1v) is 5.59. The van der Waals surface area contributed by atoms with E-state index in [1.54, 1.807) is 6.07 Å². The summed E-state index contributed by atoms with van der Waals surface area (Å²) < 4.78 is 25.8. The third kappa shape index (κ3) is 2.77. The largest absolute Gasteiger partial charge is 0.329 e. The molecule has 0 spiro atoms. The first-order valence-electron chi connectivity index (χ1n) is 5.59. The van der Waals surface area contributed by atoms with Crippen LogP contribution in [0.5, 0.6) is 0 Å². The van der Waals surface area contributed by atoms with Crippen molar-refractivity contribution in [3.05, 3.63) is 35.4 Å². The molecule has 0 bridgehead atoms. The van der Waals surface area contributed by atoms with E-state index in [-0.39, 0.29) is 6.04 Å². The van der Waals surface area contributed by atoms with Crippen molar-refractivity contribution >= 4 is 0 Å². The number of benzene rings is 1. The zero-order valence-electron chi connectivity index (χ0n) is 9.05. The van der Waals surface area contributed by atoms with E-state index in [9.17, 15) is 8.78 Å². The van der Waals surface area contributed by atoms with E-state index in [2.05, 4.69) is 5.32 Å². The molecule has 1 aliphatic carbocycles. The van der Waals surface area contributed by atoms with Gasteiger partial charge in [-0.25, -0.2) is 8.78 Å². The van der Waals surface area contributed by atoms with Gasteiger partial charge in [0, 0.05) is 12.6 Å². The van der Waals surface area contributed by atoms with E-state index in [4.69, 9.17) is 5.73 Å². The van der Waals surface area contributed by atoms with Crippen molar-refractivity contribution in [3.63, 3.8) is 0 Å². The van der Waals surface area contributed by atoms with E-state index in [1.165, 1.54) is 18.9 Å². The molecular formula is C12H16F2N2. The average molecular weight is 226 g/mol. The number of hydrogen-bond donors (Lipinski definition) is 2. The van der Waals surface area contributed by atoms with E-state index in [1.807, 2.05) is 0 Å². The fourth-order valence-corrected chi connectivity index (χ4v) is 1.70. The summed E-state index contributed by atoms with van der Waals surface area (Å²) in [7, 11) is 0. The maximum atomic E-state index is 13.0. The predicted molar refractivity (Wildman–Crippen MR) is 58.9 cm³/mol. The Balaban J connectivity index is 2.02. The Kier molecular flexibility index (Phi) is 3.51. The summed E-state index contributed by atoms with van der Waals surface area (Å²) in [6.07, 6.45) is 2.50. The first-order chi connectivity index (χ1) is 7.70. The van der Waals surface area contributed by atoms with Gasteiger partial charge >= 0.3 is 0 Å². The van der Waals surface area contributed by atoms with E-state index >= 15 is 0 Å². The molecule has 1 unspecified atom stereocenters. The zero-order valence-corrected chi connectivity index (χ0v) is 9.05. The van der Waals surface area contributed by atoms with Crippen LogP contribution in [0.3, 0.4) is 0 Å². The topological polar surface area (TPSA) is 38.0 Å². The van der Waals surface area contributed by atoms with Gasteiger partial charge in [-0.1, -0.05) is 6.07 Å². The highest BCUT2D eigenvalue weighted by molar-refractivity contribution is 5.21. The standard InChI is InChI=1S/C12H16F2N2/c13-10-4-3-9(5-11(10)14)12(6-15)16-7-8-1-2-8/h3-5,8,12,16H,1-2,6-7,15H2. The summed E-state index contributed by atoms with van der Waals surface area (Å²) >= 11 is 0. The van der Waals surface area contributed by atoms with Crippen molar-refractivity contribution in [1.82, 2.24) is 5.32 Å². The van der Waals surface area contributed by atoms with E-state index in [0.717, 1.165) is 18.5 Å². The van der Waals surface area contributed by atoms with Crippen molar-refractivity contribution in [2.45, 2.75) is 18.9 Å². The van der Waals surface area contributed by atoms with Crippen molar-refractivity contribution in [1.29, 1.82) is 0 Å². The van der Waals surface area contributed by atoms with Crippen LogP contribution in [0, 0.1) is 17.6 Å². The first kappa shape index (κ1) is 11.5. The molecular weight excluding hydrogens is 210 g/mol. The van der Waals surface area contributed by atoms with Gasteiger partial charge < -0.3 is 11.1 Å². The molecule has 2 nitrogen and oxygen atoms in total. The molecule has 4 heteroatoms. The van der Waals surface area contributed by atoms with Gasteiger partial charge in [0.1, 0.15) is 0 Å². The molecule has 1 aromatic rings. The second kappa shape index (κ2) is 4.89. The summed E-state index contributed by atoms with van der Waals surface area (Å²) in [5.74, 6) is -0.898. The van der Waals surface area contributed by atoms with E-state index < -0.39 is 11.6 Å². The monoisotopic (exact) mass is 226 g/mol. The lowest BCUT2D eigenvalue weighted by Crippen LogP contribution is -2.29. The number of nitrogens with one attached hydrogen (secondary N) is 1. The molecule has 16 heavy (non-hydrogen) atoms. The summed E-state index contributed by atoms with van der Waals surface area (Å²) in [4.78, 5) is 0. The zero-order chi connectivity index (χ0) is 11.5. The van der Waals surface area contributed by atoms with Gasteiger partial charge in [-0.15, -0.1) is 0 Å². The van der Waals surface area contributed by atoms with Crippen LogP contribution in [0.25, 0.3) is 0 Å². The van der Waals surface area contributed by atoms with Crippen LogP contribution < -0.4 is 11.1 Å². The van der Waals surface area contributed by atoms with Crippen LogP contribution >= 0.6 is 0 Å². The molecule has 0 aliphatic heterocycles. The molecule has 1 saturated carbocycles. The fraction of sp³-hybridized carbons (Fsp3) is 0.500. The average Bonchev–Trinajstić information content (AvgIpc) is 3.08. The molecule has 1 aromatic carbocycles. The van der Waals surface area contributed by atoms with Crippen LogP contribution in [0.2, 0.25) is 0 Å². The minimum Gasteiger partial charge on any atom is -0.329 e. The lowest BCUT2D eigenvalue weighted by molar-refractivity contribution is 0.492. The molecule has 1 atom stereocenters. The fourth-order valence-electron chi connectivity index (χ4n) is 1.70. The van der Waals surface area contributed by atoms with Crippen LogP contribution in [0.15, 0.2) is 18.2 Å². The molecule has 2 rings (SSSR count). The number of nitrogens with two attached hydrogens (primary N) is 1. The summed E-state index contributed by atoms with van der Waals surface area (Å²) in [6.45, 7) is 1.29. The highest BCUT2D eigenvalue weighted by Crippen LogP contribution is 2.28. The van der Waals surface area contributed by atoms with Gasteiger partial charge in [0.05, 0.1) is 0 Å². The van der Waals surface area contributed by atoms with Gasteiger partial charge in [-0.3, -0.25) is 0 Å². The second-order valence-corrected chi connectivity index (χ2v) is 4.31. The highest BCUT2D eigenvalue weighted by Gasteiger charge is 2.22. The Labute approximate surface area is 93.8 Å². The molecule has 0 saturated heterocycles. The summed E-state index contributed by atoms with van der Waals surface area (Å²) in [5, 5.41) is 3.28. The van der Waals surface area contributed by atoms with Gasteiger partial charge in [-0.05, 0) is 43.0 Å². The Morgan fingerprint density at radius 1 is 1.31 bits per heavy atom.